The van der Waals surface area contributed by atoms with Crippen molar-refractivity contribution in [1.29, 1.82) is 0 Å². The third kappa shape index (κ3) is 2.41. The van der Waals surface area contributed by atoms with Gasteiger partial charge in [-0.2, -0.15) is 5.10 Å². The minimum Gasteiger partial charge on any atom is -0.383 e. The molecule has 0 atom stereocenters. The Morgan fingerprint density at radius 3 is 2.82 bits per heavy atom. The number of ether oxygens (including phenoxy) is 1. The fraction of sp³-hybridized carbons (Fsp3) is 0.636. The van der Waals surface area contributed by atoms with E-state index in [1.165, 1.54) is 0 Å². The summed E-state index contributed by atoms with van der Waals surface area (Å²) in [5.41, 5.74) is 6.92. The summed E-state index contributed by atoms with van der Waals surface area (Å²) in [5, 5.41) is 6.59. The number of carbonyl (C=O) groups excluding carboxylic acids is 1. The zero-order valence-electron chi connectivity index (χ0n) is 10.2. The normalized spacial score (nSPS) is 14.9. The predicted molar refractivity (Wildman–Crippen MR) is 63.7 cm³/mol. The van der Waals surface area contributed by atoms with E-state index in [1.807, 2.05) is 4.90 Å². The van der Waals surface area contributed by atoms with Gasteiger partial charge in [-0.05, 0) is 19.8 Å². The molecule has 0 radical (unpaired) electrons. The minimum absolute atomic E-state index is 0.0479. The van der Waals surface area contributed by atoms with Gasteiger partial charge in [0.1, 0.15) is 5.56 Å². The number of nitrogens with one attached hydrogen (secondary N) is 1. The van der Waals surface area contributed by atoms with Crippen molar-refractivity contribution in [1.82, 2.24) is 15.1 Å². The molecule has 0 aromatic carbocycles. The van der Waals surface area contributed by atoms with Crippen LogP contribution in [0.15, 0.2) is 0 Å². The van der Waals surface area contributed by atoms with Crippen LogP contribution in [0, 0.1) is 6.92 Å². The first-order valence-corrected chi connectivity index (χ1v) is 5.75. The maximum absolute atomic E-state index is 12.4. The zero-order chi connectivity index (χ0) is 12.4. The first-order chi connectivity index (χ1) is 8.15. The molecule has 0 spiro atoms. The SMILES string of the molecule is COCCN(C(=O)c1c(N)n[nH]c1C)C1CC1. The maximum Gasteiger partial charge on any atom is 0.259 e. The quantitative estimate of drug-likeness (QED) is 0.784. The molecule has 0 bridgehead atoms. The molecule has 1 aromatic rings. The van der Waals surface area contributed by atoms with Crippen LogP contribution >= 0.6 is 0 Å². The average molecular weight is 238 g/mol. The molecule has 1 saturated carbocycles. The summed E-state index contributed by atoms with van der Waals surface area (Å²) < 4.78 is 5.03. The molecule has 2 rings (SSSR count). The summed E-state index contributed by atoms with van der Waals surface area (Å²) in [5.74, 6) is 0.226. The Morgan fingerprint density at radius 1 is 1.65 bits per heavy atom. The average Bonchev–Trinajstić information content (AvgIpc) is 3.06. The number of aryl methyl sites for hydroxylation is 1. The molecule has 1 heterocycles. The third-order valence-electron chi connectivity index (χ3n) is 2.97. The lowest BCUT2D eigenvalue weighted by Crippen LogP contribution is -2.36. The van der Waals surface area contributed by atoms with E-state index in [4.69, 9.17) is 10.5 Å². The van der Waals surface area contributed by atoms with Crippen LogP contribution in [0.4, 0.5) is 5.82 Å². The van der Waals surface area contributed by atoms with Crippen molar-refractivity contribution in [3.8, 4) is 0 Å². The van der Waals surface area contributed by atoms with E-state index in [0.717, 1.165) is 18.5 Å². The molecule has 6 nitrogen and oxygen atoms in total. The summed E-state index contributed by atoms with van der Waals surface area (Å²) in [6, 6.07) is 0.339. The molecular weight excluding hydrogens is 220 g/mol. The zero-order valence-corrected chi connectivity index (χ0v) is 10.2. The number of rotatable bonds is 5. The van der Waals surface area contributed by atoms with E-state index in [1.54, 1.807) is 14.0 Å². The molecule has 17 heavy (non-hydrogen) atoms. The standard InChI is InChI=1S/C11H18N4O2/c1-7-9(10(12)14-13-7)11(16)15(5-6-17-2)8-3-4-8/h8H,3-6H2,1-2H3,(H3,12,13,14). The second-order valence-corrected chi connectivity index (χ2v) is 4.33. The molecule has 1 aliphatic carbocycles. The first-order valence-electron chi connectivity index (χ1n) is 5.75. The lowest BCUT2D eigenvalue weighted by Gasteiger charge is -2.21. The van der Waals surface area contributed by atoms with Gasteiger partial charge in [0.2, 0.25) is 0 Å². The molecule has 3 N–H and O–H groups in total. The van der Waals surface area contributed by atoms with E-state index in [2.05, 4.69) is 10.2 Å². The fourth-order valence-electron chi connectivity index (χ4n) is 1.89. The van der Waals surface area contributed by atoms with Crippen LogP contribution in [0.2, 0.25) is 0 Å². The van der Waals surface area contributed by atoms with Gasteiger partial charge < -0.3 is 15.4 Å². The van der Waals surface area contributed by atoms with Gasteiger partial charge in [0.25, 0.3) is 5.91 Å². The van der Waals surface area contributed by atoms with E-state index in [-0.39, 0.29) is 11.7 Å². The smallest absolute Gasteiger partial charge is 0.259 e. The number of hydrogen-bond donors (Lipinski definition) is 2. The van der Waals surface area contributed by atoms with Crippen molar-refractivity contribution in [2.24, 2.45) is 0 Å². The van der Waals surface area contributed by atoms with E-state index in [9.17, 15) is 4.79 Å². The van der Waals surface area contributed by atoms with E-state index < -0.39 is 0 Å². The summed E-state index contributed by atoms with van der Waals surface area (Å²) in [6.45, 7) is 2.95. The second-order valence-electron chi connectivity index (χ2n) is 4.33. The molecule has 0 saturated heterocycles. The number of H-pyrrole nitrogens is 1. The monoisotopic (exact) mass is 238 g/mol. The molecule has 0 aliphatic heterocycles. The number of nitrogens with zero attached hydrogens (tertiary/aromatic N) is 2. The number of amides is 1. The highest BCUT2D eigenvalue weighted by Crippen LogP contribution is 2.29. The lowest BCUT2D eigenvalue weighted by molar-refractivity contribution is 0.0680. The van der Waals surface area contributed by atoms with Crippen molar-refractivity contribution in [2.75, 3.05) is 26.0 Å². The fourth-order valence-corrected chi connectivity index (χ4v) is 1.89. The Labute approximate surface area is 100 Å². The molecule has 0 unspecified atom stereocenters. The van der Waals surface area contributed by atoms with Crippen LogP contribution < -0.4 is 5.73 Å². The van der Waals surface area contributed by atoms with E-state index >= 15 is 0 Å². The molecule has 6 heteroatoms. The highest BCUT2D eigenvalue weighted by atomic mass is 16.5. The van der Waals surface area contributed by atoms with Crippen molar-refractivity contribution in [2.45, 2.75) is 25.8 Å². The number of nitrogen functional groups attached to an aromatic ring is 1. The number of nitrogens with two attached hydrogens (primary N) is 1. The van der Waals surface area contributed by atoms with Gasteiger partial charge in [0.05, 0.1) is 6.61 Å². The summed E-state index contributed by atoms with van der Waals surface area (Å²) in [7, 11) is 1.63. The van der Waals surface area contributed by atoms with Crippen molar-refractivity contribution < 1.29 is 9.53 Å². The van der Waals surface area contributed by atoms with Gasteiger partial charge in [-0.1, -0.05) is 0 Å². The van der Waals surface area contributed by atoms with Crippen LogP contribution in [0.3, 0.4) is 0 Å². The predicted octanol–water partition coefficient (Wildman–Crippen LogP) is 0.551. The van der Waals surface area contributed by atoms with Gasteiger partial charge in [0, 0.05) is 25.4 Å². The lowest BCUT2D eigenvalue weighted by atomic mass is 10.2. The minimum atomic E-state index is -0.0479. The van der Waals surface area contributed by atoms with Gasteiger partial charge in [-0.25, -0.2) is 0 Å². The highest BCUT2D eigenvalue weighted by Gasteiger charge is 2.34. The Kier molecular flexibility index (Phi) is 3.33. The second kappa shape index (κ2) is 4.75. The van der Waals surface area contributed by atoms with Crippen molar-refractivity contribution >= 4 is 11.7 Å². The van der Waals surface area contributed by atoms with Gasteiger partial charge >= 0.3 is 0 Å². The number of hydrogen-bond acceptors (Lipinski definition) is 4. The molecule has 1 fully saturated rings. The molecule has 1 aliphatic rings. The molecule has 1 aromatic heterocycles. The van der Waals surface area contributed by atoms with Crippen LogP contribution in [0.1, 0.15) is 28.9 Å². The number of aromatic nitrogens is 2. The number of methoxy groups -OCH3 is 1. The highest BCUT2D eigenvalue weighted by molar-refractivity contribution is 5.99. The van der Waals surface area contributed by atoms with Crippen LogP contribution in [0.25, 0.3) is 0 Å². The van der Waals surface area contributed by atoms with Gasteiger partial charge in [0.15, 0.2) is 5.82 Å². The maximum atomic E-state index is 12.4. The Hall–Kier alpha value is -1.56. The van der Waals surface area contributed by atoms with Gasteiger partial charge in [-0.3, -0.25) is 9.89 Å². The molecular formula is C11H18N4O2. The van der Waals surface area contributed by atoms with E-state index in [0.29, 0.717) is 24.8 Å². The Bertz CT molecular complexity index is 392. The number of carbonyl (C=O) groups is 1. The van der Waals surface area contributed by atoms with Crippen LogP contribution in [0.5, 0.6) is 0 Å². The summed E-state index contributed by atoms with van der Waals surface area (Å²) in [4.78, 5) is 14.2. The van der Waals surface area contributed by atoms with Crippen molar-refractivity contribution in [3.05, 3.63) is 11.3 Å². The number of anilines is 1. The summed E-state index contributed by atoms with van der Waals surface area (Å²) in [6.07, 6.45) is 2.12. The topological polar surface area (TPSA) is 84.2 Å². The number of aromatic amines is 1. The van der Waals surface area contributed by atoms with Crippen LogP contribution in [-0.2, 0) is 4.74 Å². The Morgan fingerprint density at radius 2 is 2.35 bits per heavy atom. The van der Waals surface area contributed by atoms with Gasteiger partial charge in [-0.15, -0.1) is 0 Å². The molecule has 1 amide bonds. The van der Waals surface area contributed by atoms with Crippen LogP contribution in [-0.4, -0.2) is 47.3 Å². The Balaban J connectivity index is 2.16. The third-order valence-corrected chi connectivity index (χ3v) is 2.97. The summed E-state index contributed by atoms with van der Waals surface area (Å²) >= 11 is 0. The largest absolute Gasteiger partial charge is 0.383 e. The van der Waals surface area contributed by atoms with Crippen molar-refractivity contribution in [3.63, 3.8) is 0 Å². The first kappa shape index (κ1) is 11.9. The molecule has 94 valence electrons.